The van der Waals surface area contributed by atoms with Crippen LogP contribution in [0.15, 0.2) is 54.7 Å². The molecule has 0 aliphatic carbocycles. The molecule has 0 radical (unpaired) electrons. The molecule has 0 spiro atoms. The number of ether oxygens (including phenoxy) is 1. The maximum Gasteiger partial charge on any atom is 0.233 e. The molecule has 1 aliphatic rings. The molecule has 5 nitrogen and oxygen atoms in total. The number of benzene rings is 2. The first kappa shape index (κ1) is 18.7. The number of hydrogen-bond donors (Lipinski definition) is 1. The average Bonchev–Trinajstić information content (AvgIpc) is 3.17. The largest absolute Gasteiger partial charge is 0.508 e. The standard InChI is InChI=1S/C22H22ClN3O2/c1-2-26-12-11-19(14-26)28-20-13-24-21(15-3-7-17(23)8-4-15)22(25-20)16-5-9-18(27)10-6-16/h3-10,13,19,27H,2,11-12,14H2,1H3. The molecule has 1 fully saturated rings. The van der Waals surface area contributed by atoms with E-state index in [1.165, 1.54) is 0 Å². The number of likely N-dealkylation sites (tertiary alicyclic amines) is 1. The van der Waals surface area contributed by atoms with Gasteiger partial charge in [-0.1, -0.05) is 30.7 Å². The molecule has 1 unspecified atom stereocenters. The van der Waals surface area contributed by atoms with Crippen LogP contribution in [0.1, 0.15) is 13.3 Å². The lowest BCUT2D eigenvalue weighted by Gasteiger charge is -2.16. The number of phenolic OH excluding ortho intramolecular Hbond substituents is 1. The molecule has 1 aromatic heterocycles. The number of aromatic nitrogens is 2. The Kier molecular flexibility index (Phi) is 5.46. The summed E-state index contributed by atoms with van der Waals surface area (Å²) in [6, 6.07) is 14.5. The molecule has 3 aromatic rings. The van der Waals surface area contributed by atoms with Gasteiger partial charge in [-0.3, -0.25) is 4.90 Å². The number of halogens is 1. The highest BCUT2D eigenvalue weighted by Crippen LogP contribution is 2.32. The Morgan fingerprint density at radius 3 is 2.43 bits per heavy atom. The monoisotopic (exact) mass is 395 g/mol. The maximum atomic E-state index is 9.63. The molecule has 144 valence electrons. The first-order valence-corrected chi connectivity index (χ1v) is 9.81. The van der Waals surface area contributed by atoms with E-state index in [1.54, 1.807) is 18.3 Å². The Morgan fingerprint density at radius 2 is 1.75 bits per heavy atom. The lowest BCUT2D eigenvalue weighted by molar-refractivity contribution is 0.194. The Balaban J connectivity index is 1.70. The van der Waals surface area contributed by atoms with Gasteiger partial charge in [-0.05, 0) is 49.4 Å². The molecule has 4 rings (SSSR count). The molecule has 2 heterocycles. The van der Waals surface area contributed by atoms with E-state index in [9.17, 15) is 5.11 Å². The SMILES string of the molecule is CCN1CCC(Oc2cnc(-c3ccc(Cl)cc3)c(-c3ccc(O)cc3)n2)C1. The van der Waals surface area contributed by atoms with Crippen LogP contribution in [0.4, 0.5) is 0 Å². The minimum absolute atomic E-state index is 0.128. The van der Waals surface area contributed by atoms with E-state index in [0.717, 1.165) is 42.9 Å². The van der Waals surface area contributed by atoms with Crippen LogP contribution in [0.2, 0.25) is 5.02 Å². The predicted molar refractivity (Wildman–Crippen MR) is 111 cm³/mol. The van der Waals surface area contributed by atoms with E-state index in [0.29, 0.717) is 16.6 Å². The van der Waals surface area contributed by atoms with Crippen LogP contribution in [0.5, 0.6) is 11.6 Å². The van der Waals surface area contributed by atoms with Gasteiger partial charge in [0.25, 0.3) is 0 Å². The zero-order valence-corrected chi connectivity index (χ0v) is 16.4. The highest BCUT2D eigenvalue weighted by atomic mass is 35.5. The van der Waals surface area contributed by atoms with E-state index in [-0.39, 0.29) is 11.9 Å². The van der Waals surface area contributed by atoms with Crippen molar-refractivity contribution in [1.29, 1.82) is 0 Å². The molecule has 28 heavy (non-hydrogen) atoms. The summed E-state index contributed by atoms with van der Waals surface area (Å²) in [5.41, 5.74) is 3.24. The minimum Gasteiger partial charge on any atom is -0.508 e. The van der Waals surface area contributed by atoms with Gasteiger partial charge in [-0.25, -0.2) is 9.97 Å². The predicted octanol–water partition coefficient (Wildman–Crippen LogP) is 4.64. The van der Waals surface area contributed by atoms with Crippen molar-refractivity contribution in [3.63, 3.8) is 0 Å². The molecule has 1 atom stereocenters. The zero-order chi connectivity index (χ0) is 19.5. The van der Waals surface area contributed by atoms with Crippen molar-refractivity contribution in [2.24, 2.45) is 0 Å². The summed E-state index contributed by atoms with van der Waals surface area (Å²) < 4.78 is 6.12. The number of aromatic hydroxyl groups is 1. The summed E-state index contributed by atoms with van der Waals surface area (Å²) in [5.74, 6) is 0.728. The fraction of sp³-hybridized carbons (Fsp3) is 0.273. The van der Waals surface area contributed by atoms with E-state index in [1.807, 2.05) is 36.4 Å². The number of rotatable bonds is 5. The Bertz CT molecular complexity index is 945. The number of phenols is 1. The Hall–Kier alpha value is -2.63. The quantitative estimate of drug-likeness (QED) is 0.681. The molecule has 1 saturated heterocycles. The van der Waals surface area contributed by atoms with Crippen molar-refractivity contribution in [3.8, 4) is 34.1 Å². The van der Waals surface area contributed by atoms with Crippen molar-refractivity contribution >= 4 is 11.6 Å². The average molecular weight is 396 g/mol. The van der Waals surface area contributed by atoms with Crippen LogP contribution in [-0.2, 0) is 0 Å². The van der Waals surface area contributed by atoms with Crippen molar-refractivity contribution in [1.82, 2.24) is 14.9 Å². The molecular formula is C22H22ClN3O2. The zero-order valence-electron chi connectivity index (χ0n) is 15.7. The number of nitrogens with zero attached hydrogens (tertiary/aromatic N) is 3. The Labute approximate surface area is 169 Å². The smallest absolute Gasteiger partial charge is 0.233 e. The van der Waals surface area contributed by atoms with E-state index in [4.69, 9.17) is 21.3 Å². The number of likely N-dealkylation sites (N-methyl/N-ethyl adjacent to an activating group) is 1. The van der Waals surface area contributed by atoms with Gasteiger partial charge in [-0.2, -0.15) is 0 Å². The summed E-state index contributed by atoms with van der Waals surface area (Å²) in [6.45, 7) is 5.14. The fourth-order valence-corrected chi connectivity index (χ4v) is 3.55. The third-order valence-electron chi connectivity index (χ3n) is 4.97. The second-order valence-corrected chi connectivity index (χ2v) is 7.32. The highest BCUT2D eigenvalue weighted by molar-refractivity contribution is 6.30. The first-order valence-electron chi connectivity index (χ1n) is 9.44. The highest BCUT2D eigenvalue weighted by Gasteiger charge is 2.23. The lowest BCUT2D eigenvalue weighted by Crippen LogP contribution is -2.24. The maximum absolute atomic E-state index is 9.63. The van der Waals surface area contributed by atoms with Gasteiger partial charge in [-0.15, -0.1) is 0 Å². The van der Waals surface area contributed by atoms with Gasteiger partial charge in [0.15, 0.2) is 0 Å². The van der Waals surface area contributed by atoms with Gasteiger partial charge in [0.1, 0.15) is 17.5 Å². The van der Waals surface area contributed by atoms with Gasteiger partial charge >= 0.3 is 0 Å². The second kappa shape index (κ2) is 8.17. The van der Waals surface area contributed by atoms with Crippen LogP contribution < -0.4 is 4.74 Å². The summed E-state index contributed by atoms with van der Waals surface area (Å²) in [5, 5.41) is 10.3. The molecule has 0 amide bonds. The summed E-state index contributed by atoms with van der Waals surface area (Å²) in [6.07, 6.45) is 2.80. The molecule has 0 saturated carbocycles. The summed E-state index contributed by atoms with van der Waals surface area (Å²) in [7, 11) is 0. The van der Waals surface area contributed by atoms with Gasteiger partial charge in [0, 0.05) is 29.2 Å². The van der Waals surface area contributed by atoms with Crippen LogP contribution in [0, 0.1) is 0 Å². The van der Waals surface area contributed by atoms with Crippen LogP contribution in [0.25, 0.3) is 22.5 Å². The third kappa shape index (κ3) is 4.11. The fourth-order valence-electron chi connectivity index (χ4n) is 3.42. The van der Waals surface area contributed by atoms with Crippen LogP contribution in [-0.4, -0.2) is 45.7 Å². The second-order valence-electron chi connectivity index (χ2n) is 6.88. The minimum atomic E-state index is 0.128. The summed E-state index contributed by atoms with van der Waals surface area (Å²) >= 11 is 6.03. The first-order chi connectivity index (χ1) is 13.6. The molecule has 1 aliphatic heterocycles. The lowest BCUT2D eigenvalue weighted by atomic mass is 10.0. The van der Waals surface area contributed by atoms with E-state index < -0.39 is 0 Å². The number of hydrogen-bond acceptors (Lipinski definition) is 5. The molecule has 1 N–H and O–H groups in total. The van der Waals surface area contributed by atoms with Crippen LogP contribution >= 0.6 is 11.6 Å². The van der Waals surface area contributed by atoms with Crippen molar-refractivity contribution in [2.45, 2.75) is 19.4 Å². The molecule has 0 bridgehead atoms. The van der Waals surface area contributed by atoms with Crippen molar-refractivity contribution in [2.75, 3.05) is 19.6 Å². The Morgan fingerprint density at radius 1 is 1.07 bits per heavy atom. The summed E-state index contributed by atoms with van der Waals surface area (Å²) in [4.78, 5) is 11.8. The topological polar surface area (TPSA) is 58.5 Å². The molecule has 2 aromatic carbocycles. The van der Waals surface area contributed by atoms with Crippen molar-refractivity contribution < 1.29 is 9.84 Å². The van der Waals surface area contributed by atoms with E-state index in [2.05, 4.69) is 16.8 Å². The van der Waals surface area contributed by atoms with Gasteiger partial charge in [0.05, 0.1) is 11.9 Å². The van der Waals surface area contributed by atoms with Gasteiger partial charge in [0.2, 0.25) is 5.88 Å². The molecule has 6 heteroatoms. The van der Waals surface area contributed by atoms with Gasteiger partial charge < -0.3 is 9.84 Å². The normalized spacial score (nSPS) is 17.0. The van der Waals surface area contributed by atoms with E-state index >= 15 is 0 Å². The third-order valence-corrected chi connectivity index (χ3v) is 5.22. The van der Waals surface area contributed by atoms with Crippen LogP contribution in [0.3, 0.4) is 0 Å². The van der Waals surface area contributed by atoms with Crippen molar-refractivity contribution in [3.05, 3.63) is 59.8 Å². The molecular weight excluding hydrogens is 374 g/mol.